The van der Waals surface area contributed by atoms with Gasteiger partial charge in [-0.25, -0.2) is 12.8 Å². The van der Waals surface area contributed by atoms with Crippen molar-refractivity contribution < 1.29 is 17.6 Å². The Kier molecular flexibility index (Phi) is 5.44. The number of amides is 1. The second-order valence-corrected chi connectivity index (χ2v) is 6.61. The van der Waals surface area contributed by atoms with Gasteiger partial charge in [-0.15, -0.1) is 0 Å². The quantitative estimate of drug-likeness (QED) is 0.811. The molecular formula is C12H17FN2O3S. The number of hydrogen-bond donors (Lipinski definition) is 2. The van der Waals surface area contributed by atoms with E-state index < -0.39 is 9.84 Å². The molecule has 1 aromatic rings. The number of rotatable bonds is 6. The molecular weight excluding hydrogens is 271 g/mol. The van der Waals surface area contributed by atoms with E-state index in [9.17, 15) is 17.6 Å². The highest BCUT2D eigenvalue weighted by Gasteiger charge is 2.11. The Morgan fingerprint density at radius 3 is 2.42 bits per heavy atom. The Balaban J connectivity index is 2.38. The van der Waals surface area contributed by atoms with Gasteiger partial charge >= 0.3 is 0 Å². The Bertz CT molecular complexity index is 528. The molecule has 0 saturated carbocycles. The van der Waals surface area contributed by atoms with Crippen LogP contribution in [0.1, 0.15) is 6.92 Å². The van der Waals surface area contributed by atoms with E-state index in [4.69, 9.17) is 0 Å². The van der Waals surface area contributed by atoms with E-state index in [1.54, 1.807) is 6.92 Å². The van der Waals surface area contributed by atoms with Crippen molar-refractivity contribution in [1.29, 1.82) is 0 Å². The van der Waals surface area contributed by atoms with Crippen molar-refractivity contribution in [3.63, 3.8) is 0 Å². The molecule has 0 saturated heterocycles. The van der Waals surface area contributed by atoms with Crippen LogP contribution in [0.25, 0.3) is 0 Å². The van der Waals surface area contributed by atoms with Gasteiger partial charge in [0.05, 0.1) is 12.3 Å². The first-order valence-electron chi connectivity index (χ1n) is 5.73. The molecule has 0 spiro atoms. The third kappa shape index (κ3) is 6.88. The average molecular weight is 288 g/mol. The van der Waals surface area contributed by atoms with Crippen molar-refractivity contribution in [3.8, 4) is 0 Å². The Labute approximate surface area is 112 Å². The van der Waals surface area contributed by atoms with Gasteiger partial charge in [-0.2, -0.15) is 0 Å². The van der Waals surface area contributed by atoms with Crippen LogP contribution >= 0.6 is 0 Å². The first-order valence-corrected chi connectivity index (χ1v) is 7.79. The number of anilines is 1. The molecule has 0 aliphatic carbocycles. The monoisotopic (exact) mass is 288 g/mol. The van der Waals surface area contributed by atoms with Crippen LogP contribution in [0.2, 0.25) is 0 Å². The molecule has 1 aromatic carbocycles. The lowest BCUT2D eigenvalue weighted by Crippen LogP contribution is -2.38. The summed E-state index contributed by atoms with van der Waals surface area (Å²) in [4.78, 5) is 11.6. The fourth-order valence-electron chi connectivity index (χ4n) is 1.52. The van der Waals surface area contributed by atoms with E-state index in [0.29, 0.717) is 5.69 Å². The SMILES string of the molecule is CC(CS(C)(=O)=O)NCC(=O)Nc1ccc(F)cc1. The van der Waals surface area contributed by atoms with Gasteiger partial charge in [-0.3, -0.25) is 4.79 Å². The zero-order valence-electron chi connectivity index (χ0n) is 10.8. The van der Waals surface area contributed by atoms with Crippen LogP contribution in [0.4, 0.5) is 10.1 Å². The zero-order chi connectivity index (χ0) is 14.5. The molecule has 0 aliphatic rings. The third-order valence-corrected chi connectivity index (χ3v) is 3.40. The van der Waals surface area contributed by atoms with E-state index in [2.05, 4.69) is 10.6 Å². The molecule has 0 aromatic heterocycles. The van der Waals surface area contributed by atoms with E-state index in [-0.39, 0.29) is 30.1 Å². The molecule has 0 heterocycles. The smallest absolute Gasteiger partial charge is 0.238 e. The van der Waals surface area contributed by atoms with Gasteiger partial charge in [0.2, 0.25) is 5.91 Å². The predicted molar refractivity (Wildman–Crippen MR) is 72.2 cm³/mol. The van der Waals surface area contributed by atoms with Gasteiger partial charge < -0.3 is 10.6 Å². The van der Waals surface area contributed by atoms with Gasteiger partial charge in [0, 0.05) is 18.0 Å². The number of nitrogens with one attached hydrogen (secondary N) is 2. The van der Waals surface area contributed by atoms with Crippen LogP contribution < -0.4 is 10.6 Å². The molecule has 5 nitrogen and oxygen atoms in total. The third-order valence-electron chi connectivity index (χ3n) is 2.29. The second-order valence-electron chi connectivity index (χ2n) is 4.43. The van der Waals surface area contributed by atoms with Crippen LogP contribution in [-0.4, -0.2) is 38.9 Å². The summed E-state index contributed by atoms with van der Waals surface area (Å²) in [6, 6.07) is 5.08. The summed E-state index contributed by atoms with van der Waals surface area (Å²) < 4.78 is 34.7. The molecule has 1 amide bonds. The fourth-order valence-corrected chi connectivity index (χ4v) is 2.54. The molecule has 7 heteroatoms. The lowest BCUT2D eigenvalue weighted by molar-refractivity contribution is -0.115. The van der Waals surface area contributed by atoms with Crippen LogP contribution in [0.5, 0.6) is 0 Å². The molecule has 1 unspecified atom stereocenters. The summed E-state index contributed by atoms with van der Waals surface area (Å²) in [6.45, 7) is 1.68. The maximum Gasteiger partial charge on any atom is 0.238 e. The number of benzene rings is 1. The van der Waals surface area contributed by atoms with Crippen LogP contribution in [0.3, 0.4) is 0 Å². The molecule has 0 aliphatic heterocycles. The maximum absolute atomic E-state index is 12.7. The molecule has 0 fully saturated rings. The minimum absolute atomic E-state index is 0.00589. The van der Waals surface area contributed by atoms with Gasteiger partial charge in [-0.05, 0) is 31.2 Å². The lowest BCUT2D eigenvalue weighted by Gasteiger charge is -2.12. The minimum Gasteiger partial charge on any atom is -0.325 e. The minimum atomic E-state index is -3.07. The van der Waals surface area contributed by atoms with Crippen LogP contribution in [-0.2, 0) is 14.6 Å². The highest BCUT2D eigenvalue weighted by atomic mass is 32.2. The molecule has 1 atom stereocenters. The molecule has 0 radical (unpaired) electrons. The number of carbonyl (C=O) groups excluding carboxylic acids is 1. The van der Waals surface area contributed by atoms with E-state index >= 15 is 0 Å². The topological polar surface area (TPSA) is 75.3 Å². The molecule has 2 N–H and O–H groups in total. The first-order chi connectivity index (χ1) is 8.76. The summed E-state index contributed by atoms with van der Waals surface area (Å²) in [7, 11) is -3.07. The van der Waals surface area contributed by atoms with Gasteiger partial charge in [-0.1, -0.05) is 0 Å². The summed E-state index contributed by atoms with van der Waals surface area (Å²) in [6.07, 6.45) is 1.14. The molecule has 1 rings (SSSR count). The molecule has 0 bridgehead atoms. The van der Waals surface area contributed by atoms with Crippen LogP contribution in [0.15, 0.2) is 24.3 Å². The standard InChI is InChI=1S/C12H17FN2O3S/c1-9(8-19(2,17)18)14-7-12(16)15-11-5-3-10(13)4-6-11/h3-6,9,14H,7-8H2,1-2H3,(H,15,16). The van der Waals surface area contributed by atoms with E-state index in [1.807, 2.05) is 0 Å². The molecule has 106 valence electrons. The number of halogens is 1. The van der Waals surface area contributed by atoms with Crippen molar-refractivity contribution >= 4 is 21.4 Å². The fraction of sp³-hybridized carbons (Fsp3) is 0.417. The van der Waals surface area contributed by atoms with Gasteiger partial charge in [0.25, 0.3) is 0 Å². The van der Waals surface area contributed by atoms with Crippen molar-refractivity contribution in [2.45, 2.75) is 13.0 Å². The summed E-state index contributed by atoms with van der Waals surface area (Å²) in [5.41, 5.74) is 0.490. The maximum atomic E-state index is 12.7. The first kappa shape index (κ1) is 15.6. The lowest BCUT2D eigenvalue weighted by atomic mass is 10.3. The average Bonchev–Trinajstić information content (AvgIpc) is 2.27. The van der Waals surface area contributed by atoms with Crippen molar-refractivity contribution in [3.05, 3.63) is 30.1 Å². The van der Waals surface area contributed by atoms with Crippen molar-refractivity contribution in [2.24, 2.45) is 0 Å². The summed E-state index contributed by atoms with van der Waals surface area (Å²) >= 11 is 0. The number of carbonyl (C=O) groups is 1. The highest BCUT2D eigenvalue weighted by Crippen LogP contribution is 2.07. The van der Waals surface area contributed by atoms with E-state index in [0.717, 1.165) is 6.26 Å². The molecule has 19 heavy (non-hydrogen) atoms. The summed E-state index contributed by atoms with van der Waals surface area (Å²) in [5.74, 6) is -0.721. The zero-order valence-corrected chi connectivity index (χ0v) is 11.6. The normalized spacial score (nSPS) is 13.0. The summed E-state index contributed by atoms with van der Waals surface area (Å²) in [5, 5.41) is 5.38. The van der Waals surface area contributed by atoms with Gasteiger partial charge in [0.1, 0.15) is 15.7 Å². The van der Waals surface area contributed by atoms with Crippen molar-refractivity contribution in [1.82, 2.24) is 5.32 Å². The van der Waals surface area contributed by atoms with Crippen molar-refractivity contribution in [2.75, 3.05) is 23.9 Å². The number of sulfone groups is 1. The highest BCUT2D eigenvalue weighted by molar-refractivity contribution is 7.90. The Morgan fingerprint density at radius 1 is 1.32 bits per heavy atom. The Morgan fingerprint density at radius 2 is 1.89 bits per heavy atom. The van der Waals surface area contributed by atoms with Gasteiger partial charge in [0.15, 0.2) is 0 Å². The number of hydrogen-bond acceptors (Lipinski definition) is 4. The second kappa shape index (κ2) is 6.63. The van der Waals surface area contributed by atoms with Crippen LogP contribution in [0, 0.1) is 5.82 Å². The van der Waals surface area contributed by atoms with E-state index in [1.165, 1.54) is 24.3 Å². The predicted octanol–water partition coefficient (Wildman–Crippen LogP) is 0.787. The Hall–Kier alpha value is -1.47. The largest absolute Gasteiger partial charge is 0.325 e.